The van der Waals surface area contributed by atoms with Gasteiger partial charge in [0.15, 0.2) is 0 Å². The van der Waals surface area contributed by atoms with Crippen molar-refractivity contribution < 1.29 is 27.5 Å². The number of fused-ring (bicyclic) bond motifs is 9. The lowest BCUT2D eigenvalue weighted by atomic mass is 9.68. The van der Waals surface area contributed by atoms with Crippen molar-refractivity contribution >= 4 is 40.6 Å². The van der Waals surface area contributed by atoms with Crippen molar-refractivity contribution in [2.45, 2.75) is 35.4 Å². The predicted molar refractivity (Wildman–Crippen MR) is 160 cm³/mol. The molecule has 2 amide bonds. The third-order valence-corrected chi connectivity index (χ3v) is 12.3. The van der Waals surface area contributed by atoms with E-state index in [1.54, 1.807) is 11.8 Å². The molecule has 8 rings (SSSR count). The maximum absolute atomic E-state index is 13.9. The number of aromatic nitrogens is 1. The second-order valence-corrected chi connectivity index (χ2v) is 14.0. The number of alkyl halides is 3. The van der Waals surface area contributed by atoms with Crippen molar-refractivity contribution in [1.29, 1.82) is 0 Å². The van der Waals surface area contributed by atoms with Gasteiger partial charge in [-0.3, -0.25) is 14.4 Å². The predicted octanol–water partition coefficient (Wildman–Crippen LogP) is 6.71. The number of carbonyl (C=O) groups excluding carboxylic acids is 2. The number of hydrogen-bond acceptors (Lipinski definition) is 6. The fourth-order valence-electron chi connectivity index (χ4n) is 8.05. The van der Waals surface area contributed by atoms with E-state index in [4.69, 9.17) is 4.74 Å². The number of H-pyrrole nitrogens is 1. The Bertz CT molecular complexity index is 1840. The van der Waals surface area contributed by atoms with Crippen LogP contribution in [0.25, 0.3) is 0 Å². The van der Waals surface area contributed by atoms with Crippen LogP contribution in [0.3, 0.4) is 0 Å². The summed E-state index contributed by atoms with van der Waals surface area (Å²) in [6, 6.07) is 22.4. The zero-order valence-electron chi connectivity index (χ0n) is 23.0. The summed E-state index contributed by atoms with van der Waals surface area (Å²) in [6.45, 7) is 0.422. The molecular weight excluding hydrogens is 610 g/mol. The minimum atomic E-state index is -4.71. The Morgan fingerprint density at radius 1 is 0.864 bits per heavy atom. The number of thiazole rings is 1. The summed E-state index contributed by atoms with van der Waals surface area (Å²) in [4.78, 5) is 44.8. The summed E-state index contributed by atoms with van der Waals surface area (Å²) in [7, 11) is 0. The van der Waals surface area contributed by atoms with Gasteiger partial charge in [-0.1, -0.05) is 65.9 Å². The summed E-state index contributed by atoms with van der Waals surface area (Å²) in [5.41, 5.74) is 0.632. The molecule has 0 spiro atoms. The maximum Gasteiger partial charge on any atom is 0.418 e. The van der Waals surface area contributed by atoms with Crippen molar-refractivity contribution in [2.24, 2.45) is 29.6 Å². The van der Waals surface area contributed by atoms with Crippen LogP contribution in [0.2, 0.25) is 0 Å². The molecule has 6 nitrogen and oxygen atoms in total. The van der Waals surface area contributed by atoms with E-state index in [-0.39, 0.29) is 33.8 Å². The number of benzene rings is 3. The molecule has 1 saturated heterocycles. The third-order valence-electron chi connectivity index (χ3n) is 9.66. The molecule has 4 aromatic rings. The molecule has 6 unspecified atom stereocenters. The van der Waals surface area contributed by atoms with E-state index in [1.807, 2.05) is 54.6 Å². The minimum absolute atomic E-state index is 0.0594. The number of halogens is 3. The number of para-hydroxylation sites is 1. The topological polar surface area (TPSA) is 79.5 Å². The molecule has 7 atom stereocenters. The number of ether oxygens (including phenoxy) is 1. The number of amides is 2. The van der Waals surface area contributed by atoms with Gasteiger partial charge in [0.1, 0.15) is 12.4 Å². The molecule has 2 saturated carbocycles. The van der Waals surface area contributed by atoms with Crippen LogP contribution in [0, 0.1) is 29.6 Å². The Hall–Kier alpha value is -3.83. The third kappa shape index (κ3) is 4.19. The van der Waals surface area contributed by atoms with E-state index in [1.165, 1.54) is 18.2 Å². The van der Waals surface area contributed by atoms with Crippen molar-refractivity contribution in [1.82, 2.24) is 4.98 Å². The molecule has 3 fully saturated rings. The molecule has 3 aromatic carbocycles. The molecule has 11 heteroatoms. The highest BCUT2D eigenvalue weighted by Gasteiger charge is 2.70. The number of hydrogen-bond donors (Lipinski definition) is 1. The van der Waals surface area contributed by atoms with Crippen LogP contribution in [-0.2, 0) is 22.4 Å². The Kier molecular flexibility index (Phi) is 6.36. The smallest absolute Gasteiger partial charge is 0.418 e. The van der Waals surface area contributed by atoms with Crippen molar-refractivity contribution in [2.75, 3.05) is 4.90 Å². The number of nitrogens with zero attached hydrogens (tertiary/aromatic N) is 1. The Labute approximate surface area is 258 Å². The molecule has 2 aliphatic carbocycles. The van der Waals surface area contributed by atoms with Gasteiger partial charge in [0, 0.05) is 16.0 Å². The fraction of sp³-hybridized carbons (Fsp3) is 0.303. The molecule has 2 bridgehead atoms. The van der Waals surface area contributed by atoms with Gasteiger partial charge in [0.05, 0.1) is 28.1 Å². The average Bonchev–Trinajstić information content (AvgIpc) is 3.75. The minimum Gasteiger partial charge on any atom is -0.489 e. The molecular formula is C33H25F3N2O4S2. The number of nitrogens with one attached hydrogen (secondary N) is 1. The van der Waals surface area contributed by atoms with Crippen LogP contribution in [-0.4, -0.2) is 22.0 Å². The average molecular weight is 635 g/mol. The van der Waals surface area contributed by atoms with Crippen molar-refractivity contribution in [3.63, 3.8) is 0 Å². The van der Waals surface area contributed by atoms with Gasteiger partial charge in [-0.2, -0.15) is 13.2 Å². The van der Waals surface area contributed by atoms with Gasteiger partial charge in [0.25, 0.3) is 0 Å². The lowest BCUT2D eigenvalue weighted by Crippen LogP contribution is -2.42. The zero-order valence-corrected chi connectivity index (χ0v) is 24.6. The molecule has 0 radical (unpaired) electrons. The van der Waals surface area contributed by atoms with Gasteiger partial charge in [-0.15, -0.1) is 11.8 Å². The van der Waals surface area contributed by atoms with Gasteiger partial charge < -0.3 is 9.72 Å². The molecule has 1 N–H and O–H groups in total. The van der Waals surface area contributed by atoms with Gasteiger partial charge >= 0.3 is 11.0 Å². The highest BCUT2D eigenvalue weighted by Crippen LogP contribution is 2.68. The highest BCUT2D eigenvalue weighted by atomic mass is 32.2. The molecule has 2 aliphatic heterocycles. The van der Waals surface area contributed by atoms with E-state index in [9.17, 15) is 27.6 Å². The van der Waals surface area contributed by atoms with Gasteiger partial charge in [-0.05, 0) is 59.6 Å². The van der Waals surface area contributed by atoms with Gasteiger partial charge in [0.2, 0.25) is 11.8 Å². The van der Waals surface area contributed by atoms with Crippen LogP contribution in [0.5, 0.6) is 5.75 Å². The van der Waals surface area contributed by atoms with Crippen molar-refractivity contribution in [3.05, 3.63) is 110 Å². The standard InChI is InChI=1S/C33H25F3N2O4S2/c34-33(35,36)21-8-4-5-9-22(21)38-30(39)25-19-14-20(26(25)31(38)40)27-24(19)23(28-29(43-27)37-32(41)44-28)17-10-12-18(13-11-17)42-15-16-6-2-1-3-7-16/h1-13,19-20,23-27H,14-15H2,(H,37,41)/t19?,20?,23-,24?,25?,26?,27?/m1/s1. The summed E-state index contributed by atoms with van der Waals surface area (Å²) >= 11 is 2.70. The van der Waals surface area contributed by atoms with E-state index < -0.39 is 41.1 Å². The number of aromatic amines is 1. The fourth-order valence-corrected chi connectivity index (χ4v) is 10.9. The molecule has 4 aliphatic rings. The number of anilines is 1. The summed E-state index contributed by atoms with van der Waals surface area (Å²) in [5, 5.41) is 0.711. The maximum atomic E-state index is 13.9. The molecule has 224 valence electrons. The Morgan fingerprint density at radius 2 is 1.55 bits per heavy atom. The highest BCUT2D eigenvalue weighted by molar-refractivity contribution is 8.00. The van der Waals surface area contributed by atoms with E-state index in [0.717, 1.165) is 43.3 Å². The van der Waals surface area contributed by atoms with Crippen LogP contribution in [0.1, 0.15) is 33.9 Å². The first-order chi connectivity index (χ1) is 21.2. The van der Waals surface area contributed by atoms with Crippen LogP contribution in [0.4, 0.5) is 18.9 Å². The largest absolute Gasteiger partial charge is 0.489 e. The summed E-state index contributed by atoms with van der Waals surface area (Å²) in [6.07, 6.45) is -4.06. The van der Waals surface area contributed by atoms with Gasteiger partial charge in [-0.25, -0.2) is 4.90 Å². The number of thioether (sulfide) groups is 1. The normalized spacial score (nSPS) is 28.6. The summed E-state index contributed by atoms with van der Waals surface area (Å²) < 4.78 is 47.7. The SMILES string of the molecule is O=C1C2C3CC(C2C(=O)N1c1ccccc1C(F)(F)F)C1C3Sc2[nH]c(=O)sc2[C@@H]1c1ccc(OCc2ccccc2)cc1. The Balaban J connectivity index is 1.13. The first-order valence-electron chi connectivity index (χ1n) is 14.4. The first kappa shape index (κ1) is 27.7. The van der Waals surface area contributed by atoms with Crippen LogP contribution >= 0.6 is 23.1 Å². The van der Waals surface area contributed by atoms with E-state index >= 15 is 0 Å². The molecule has 1 aromatic heterocycles. The Morgan fingerprint density at radius 3 is 2.27 bits per heavy atom. The van der Waals surface area contributed by atoms with E-state index in [2.05, 4.69) is 4.98 Å². The second kappa shape index (κ2) is 10.1. The molecule has 44 heavy (non-hydrogen) atoms. The molecule has 3 heterocycles. The number of rotatable bonds is 5. The second-order valence-electron chi connectivity index (χ2n) is 11.8. The zero-order chi connectivity index (χ0) is 30.3. The monoisotopic (exact) mass is 634 g/mol. The quantitative estimate of drug-likeness (QED) is 0.247. The van der Waals surface area contributed by atoms with Crippen LogP contribution in [0.15, 0.2) is 88.7 Å². The number of imide groups is 1. The lowest BCUT2D eigenvalue weighted by Gasteiger charge is -2.43. The first-order valence-corrected chi connectivity index (χ1v) is 16.1. The number of carbonyl (C=O) groups is 2. The van der Waals surface area contributed by atoms with Crippen LogP contribution < -0.4 is 14.5 Å². The van der Waals surface area contributed by atoms with Crippen molar-refractivity contribution in [3.8, 4) is 5.75 Å². The van der Waals surface area contributed by atoms with E-state index in [0.29, 0.717) is 18.8 Å². The summed E-state index contributed by atoms with van der Waals surface area (Å²) in [5.74, 6) is -2.42. The lowest BCUT2D eigenvalue weighted by molar-refractivity contribution is -0.137.